The van der Waals surface area contributed by atoms with E-state index < -0.39 is 5.97 Å². The van der Waals surface area contributed by atoms with Crippen LogP contribution in [0.4, 0.5) is 0 Å². The highest BCUT2D eigenvalue weighted by Crippen LogP contribution is 2.40. The lowest BCUT2D eigenvalue weighted by Gasteiger charge is -2.29. The SMILES string of the molecule is O=C(O)c1cccc(-n2cccc2[C@@H]2[C@@H](c3ccccn3)NC(=S)N2Cc2cccnc2)c1. The summed E-state index contributed by atoms with van der Waals surface area (Å²) in [6, 6.07) is 20.3. The smallest absolute Gasteiger partial charge is 0.335 e. The van der Waals surface area contributed by atoms with E-state index >= 15 is 0 Å². The summed E-state index contributed by atoms with van der Waals surface area (Å²) >= 11 is 5.76. The Bertz CT molecular complexity index is 1290. The van der Waals surface area contributed by atoms with Gasteiger partial charge in [-0.3, -0.25) is 9.97 Å². The van der Waals surface area contributed by atoms with Crippen LogP contribution in [-0.2, 0) is 6.54 Å². The zero-order valence-electron chi connectivity index (χ0n) is 17.6. The third kappa shape index (κ3) is 4.08. The van der Waals surface area contributed by atoms with Gasteiger partial charge in [-0.2, -0.15) is 0 Å². The van der Waals surface area contributed by atoms with Gasteiger partial charge in [-0.25, -0.2) is 4.79 Å². The average molecular weight is 456 g/mol. The van der Waals surface area contributed by atoms with E-state index in [-0.39, 0.29) is 17.6 Å². The first kappa shape index (κ1) is 20.8. The molecule has 1 aromatic carbocycles. The minimum absolute atomic E-state index is 0.170. The molecule has 3 aromatic heterocycles. The lowest BCUT2D eigenvalue weighted by Crippen LogP contribution is -2.30. The van der Waals surface area contributed by atoms with Gasteiger partial charge >= 0.3 is 5.97 Å². The van der Waals surface area contributed by atoms with Crippen LogP contribution in [0.1, 0.15) is 39.4 Å². The summed E-state index contributed by atoms with van der Waals surface area (Å²) in [4.78, 5) is 22.5. The molecule has 4 aromatic rings. The number of nitrogens with zero attached hydrogens (tertiary/aromatic N) is 4. The summed E-state index contributed by atoms with van der Waals surface area (Å²) in [5, 5.41) is 13.5. The Labute approximate surface area is 196 Å². The van der Waals surface area contributed by atoms with Crippen molar-refractivity contribution in [2.45, 2.75) is 18.6 Å². The van der Waals surface area contributed by atoms with Crippen LogP contribution in [0, 0.1) is 0 Å². The summed E-state index contributed by atoms with van der Waals surface area (Å²) in [7, 11) is 0. The summed E-state index contributed by atoms with van der Waals surface area (Å²) in [6.45, 7) is 0.577. The number of benzene rings is 1. The Morgan fingerprint density at radius 3 is 2.73 bits per heavy atom. The Morgan fingerprint density at radius 2 is 1.97 bits per heavy atom. The lowest BCUT2D eigenvalue weighted by atomic mass is 10.0. The second-order valence-electron chi connectivity index (χ2n) is 7.77. The first-order valence-corrected chi connectivity index (χ1v) is 10.9. The largest absolute Gasteiger partial charge is 0.478 e. The van der Waals surface area contributed by atoms with Crippen molar-refractivity contribution in [3.8, 4) is 5.69 Å². The van der Waals surface area contributed by atoms with Gasteiger partial charge in [0.2, 0.25) is 0 Å². The third-order valence-electron chi connectivity index (χ3n) is 5.73. The average Bonchev–Trinajstić information content (AvgIpc) is 3.45. The van der Waals surface area contributed by atoms with Crippen molar-refractivity contribution in [1.82, 2.24) is 24.8 Å². The molecule has 2 atom stereocenters. The van der Waals surface area contributed by atoms with Crippen molar-refractivity contribution < 1.29 is 9.90 Å². The zero-order chi connectivity index (χ0) is 22.8. The van der Waals surface area contributed by atoms with Crippen LogP contribution in [0.5, 0.6) is 0 Å². The Balaban J connectivity index is 1.61. The van der Waals surface area contributed by atoms with Crippen molar-refractivity contribution in [2.75, 3.05) is 0 Å². The second-order valence-corrected chi connectivity index (χ2v) is 8.16. The van der Waals surface area contributed by atoms with E-state index in [9.17, 15) is 9.90 Å². The van der Waals surface area contributed by atoms with Crippen LogP contribution < -0.4 is 5.32 Å². The van der Waals surface area contributed by atoms with Crippen LogP contribution in [0.15, 0.2) is 91.5 Å². The quantitative estimate of drug-likeness (QED) is 0.423. The molecule has 1 aliphatic rings. The van der Waals surface area contributed by atoms with Crippen molar-refractivity contribution in [3.63, 3.8) is 0 Å². The van der Waals surface area contributed by atoms with Crippen molar-refractivity contribution in [2.24, 2.45) is 0 Å². The number of carbonyl (C=O) groups is 1. The number of nitrogens with one attached hydrogen (secondary N) is 1. The van der Waals surface area contributed by atoms with Gasteiger partial charge in [-0.05, 0) is 66.3 Å². The fourth-order valence-electron chi connectivity index (χ4n) is 4.24. The molecule has 5 rings (SSSR count). The van der Waals surface area contributed by atoms with Crippen LogP contribution in [0.2, 0.25) is 0 Å². The number of aromatic carboxylic acids is 1. The van der Waals surface area contributed by atoms with Gasteiger partial charge in [-0.15, -0.1) is 0 Å². The molecule has 0 spiro atoms. The number of rotatable bonds is 6. The van der Waals surface area contributed by atoms with Crippen LogP contribution in [0.3, 0.4) is 0 Å². The molecule has 2 N–H and O–H groups in total. The highest BCUT2D eigenvalue weighted by Gasteiger charge is 2.41. The fourth-order valence-corrected chi connectivity index (χ4v) is 4.55. The van der Waals surface area contributed by atoms with Crippen molar-refractivity contribution in [1.29, 1.82) is 0 Å². The monoisotopic (exact) mass is 455 g/mol. The molecule has 4 heterocycles. The van der Waals surface area contributed by atoms with Gasteiger partial charge < -0.3 is 19.9 Å². The Kier molecular flexibility index (Phi) is 5.58. The highest BCUT2D eigenvalue weighted by atomic mass is 32.1. The lowest BCUT2D eigenvalue weighted by molar-refractivity contribution is 0.0697. The molecule has 1 saturated heterocycles. The van der Waals surface area contributed by atoms with Gasteiger partial charge in [0.05, 0.1) is 23.3 Å². The molecule has 1 aliphatic heterocycles. The molecule has 0 bridgehead atoms. The molecule has 0 saturated carbocycles. The normalized spacial score (nSPS) is 17.7. The number of carboxylic acid groups (broad SMARTS) is 1. The Morgan fingerprint density at radius 1 is 1.06 bits per heavy atom. The Hall–Kier alpha value is -4.04. The number of hydrogen-bond donors (Lipinski definition) is 2. The van der Waals surface area contributed by atoms with E-state index in [4.69, 9.17) is 12.2 Å². The zero-order valence-corrected chi connectivity index (χ0v) is 18.4. The van der Waals surface area contributed by atoms with E-state index in [0.717, 1.165) is 22.6 Å². The van der Waals surface area contributed by atoms with Gasteiger partial charge in [0.1, 0.15) is 0 Å². The molecular formula is C25H21N5O2S. The van der Waals surface area contributed by atoms with E-state index in [1.165, 1.54) is 0 Å². The van der Waals surface area contributed by atoms with Gasteiger partial charge in [0, 0.05) is 42.7 Å². The number of hydrogen-bond acceptors (Lipinski definition) is 4. The maximum Gasteiger partial charge on any atom is 0.335 e. The van der Waals surface area contributed by atoms with Gasteiger partial charge in [-0.1, -0.05) is 18.2 Å². The maximum absolute atomic E-state index is 11.5. The maximum atomic E-state index is 11.5. The van der Waals surface area contributed by atoms with E-state index in [2.05, 4.69) is 20.2 Å². The number of thiocarbonyl (C=S) groups is 1. The molecule has 33 heavy (non-hydrogen) atoms. The van der Waals surface area contributed by atoms with E-state index in [1.807, 2.05) is 65.5 Å². The topological polar surface area (TPSA) is 83.3 Å². The van der Waals surface area contributed by atoms with Crippen molar-refractivity contribution >= 4 is 23.3 Å². The molecule has 1 fully saturated rings. The summed E-state index contributed by atoms with van der Waals surface area (Å²) in [5.41, 5.74) is 3.91. The van der Waals surface area contributed by atoms with Gasteiger partial charge in [0.25, 0.3) is 0 Å². The van der Waals surface area contributed by atoms with Crippen LogP contribution in [-0.4, -0.2) is 35.6 Å². The summed E-state index contributed by atoms with van der Waals surface area (Å²) < 4.78 is 2.01. The number of carboxylic acids is 1. The number of aromatic nitrogens is 3. The minimum Gasteiger partial charge on any atom is -0.478 e. The van der Waals surface area contributed by atoms with E-state index in [1.54, 1.807) is 30.6 Å². The molecular weight excluding hydrogens is 434 g/mol. The first-order chi connectivity index (χ1) is 16.1. The van der Waals surface area contributed by atoms with E-state index in [0.29, 0.717) is 11.7 Å². The molecule has 0 aliphatic carbocycles. The summed E-state index contributed by atoms with van der Waals surface area (Å²) in [5.74, 6) is -0.959. The minimum atomic E-state index is -0.959. The second kappa shape index (κ2) is 8.84. The molecule has 164 valence electrons. The standard InChI is InChI=1S/C25H21N5O2S/c31-24(32)18-7-3-8-19(14-18)29-13-5-10-21(29)23-22(20-9-1-2-12-27-20)28-25(33)30(23)16-17-6-4-11-26-15-17/h1-15,22-23H,16H2,(H,28,33)(H,31,32)/t22-,23-/m1/s1. The molecule has 0 radical (unpaired) electrons. The predicted octanol–water partition coefficient (Wildman–Crippen LogP) is 4.14. The van der Waals surface area contributed by atoms with Crippen LogP contribution in [0.25, 0.3) is 5.69 Å². The molecule has 0 amide bonds. The fraction of sp³-hybridized carbons (Fsp3) is 0.120. The van der Waals surface area contributed by atoms with Gasteiger partial charge in [0.15, 0.2) is 5.11 Å². The molecule has 8 heteroatoms. The number of pyridine rings is 2. The first-order valence-electron chi connectivity index (χ1n) is 10.5. The molecule has 7 nitrogen and oxygen atoms in total. The van der Waals surface area contributed by atoms with Crippen LogP contribution >= 0.6 is 12.2 Å². The summed E-state index contributed by atoms with van der Waals surface area (Å²) in [6.07, 6.45) is 7.30. The third-order valence-corrected chi connectivity index (χ3v) is 6.08. The molecule has 0 unspecified atom stereocenters. The van der Waals surface area contributed by atoms with Crippen molar-refractivity contribution in [3.05, 3.63) is 114 Å². The predicted molar refractivity (Wildman–Crippen MR) is 128 cm³/mol. The highest BCUT2D eigenvalue weighted by molar-refractivity contribution is 7.80.